The number of nitriles is 1. The van der Waals surface area contributed by atoms with Crippen molar-refractivity contribution in [2.75, 3.05) is 11.9 Å². The molecule has 0 saturated heterocycles. The third kappa shape index (κ3) is 5.31. The Kier molecular flexibility index (Phi) is 7.20. The number of carbonyl (C=O) groups is 1. The van der Waals surface area contributed by atoms with Crippen molar-refractivity contribution in [2.24, 2.45) is 5.92 Å². The summed E-state index contributed by atoms with van der Waals surface area (Å²) in [6.07, 6.45) is 3.97. The van der Waals surface area contributed by atoms with Crippen LogP contribution in [0.1, 0.15) is 39.5 Å². The molecule has 0 aromatic heterocycles. The van der Waals surface area contributed by atoms with E-state index in [0.29, 0.717) is 5.75 Å². The van der Waals surface area contributed by atoms with Crippen molar-refractivity contribution < 1.29 is 9.53 Å². The SMILES string of the molecule is CCCCC(CC)C(=O)Nc1ccc(OCC#N)cc1. The molecule has 0 spiro atoms. The highest BCUT2D eigenvalue weighted by Crippen LogP contribution is 2.19. The van der Waals surface area contributed by atoms with Gasteiger partial charge in [0.15, 0.2) is 6.61 Å². The minimum atomic E-state index is 0.0284. The van der Waals surface area contributed by atoms with E-state index in [1.807, 2.05) is 13.0 Å². The van der Waals surface area contributed by atoms with Gasteiger partial charge in [0.2, 0.25) is 5.91 Å². The predicted molar refractivity (Wildman–Crippen MR) is 79.5 cm³/mol. The molecule has 4 nitrogen and oxygen atoms in total. The fraction of sp³-hybridized carbons (Fsp3) is 0.500. The molecule has 1 amide bonds. The maximum Gasteiger partial charge on any atom is 0.227 e. The van der Waals surface area contributed by atoms with E-state index in [1.165, 1.54) is 0 Å². The van der Waals surface area contributed by atoms with E-state index in [4.69, 9.17) is 10.00 Å². The van der Waals surface area contributed by atoms with Gasteiger partial charge in [-0.3, -0.25) is 4.79 Å². The van der Waals surface area contributed by atoms with Gasteiger partial charge in [-0.05, 0) is 37.1 Å². The Morgan fingerprint density at radius 3 is 2.60 bits per heavy atom. The first-order valence-corrected chi connectivity index (χ1v) is 7.11. The molecule has 4 heteroatoms. The maximum atomic E-state index is 12.1. The minimum Gasteiger partial charge on any atom is -0.479 e. The van der Waals surface area contributed by atoms with E-state index < -0.39 is 0 Å². The molecule has 0 aliphatic carbocycles. The van der Waals surface area contributed by atoms with Gasteiger partial charge in [-0.2, -0.15) is 5.26 Å². The Bertz CT molecular complexity index is 449. The summed E-state index contributed by atoms with van der Waals surface area (Å²) in [4.78, 5) is 12.1. The van der Waals surface area contributed by atoms with Crippen molar-refractivity contribution in [1.82, 2.24) is 0 Å². The number of rotatable bonds is 8. The summed E-state index contributed by atoms with van der Waals surface area (Å²) >= 11 is 0. The zero-order valence-electron chi connectivity index (χ0n) is 12.2. The Morgan fingerprint density at radius 1 is 1.35 bits per heavy atom. The molecule has 0 bridgehead atoms. The van der Waals surface area contributed by atoms with Crippen molar-refractivity contribution in [3.63, 3.8) is 0 Å². The van der Waals surface area contributed by atoms with E-state index in [9.17, 15) is 4.79 Å². The van der Waals surface area contributed by atoms with Crippen LogP contribution >= 0.6 is 0 Å². The summed E-state index contributed by atoms with van der Waals surface area (Å²) in [5, 5.41) is 11.4. The largest absolute Gasteiger partial charge is 0.479 e. The van der Waals surface area contributed by atoms with E-state index in [1.54, 1.807) is 24.3 Å². The fourth-order valence-corrected chi connectivity index (χ4v) is 1.97. The number of ether oxygens (including phenoxy) is 1. The third-order valence-corrected chi connectivity index (χ3v) is 3.19. The number of hydrogen-bond donors (Lipinski definition) is 1. The number of unbranched alkanes of at least 4 members (excludes halogenated alkanes) is 1. The van der Waals surface area contributed by atoms with Crippen molar-refractivity contribution in [2.45, 2.75) is 39.5 Å². The number of nitrogens with one attached hydrogen (secondary N) is 1. The monoisotopic (exact) mass is 274 g/mol. The lowest BCUT2D eigenvalue weighted by atomic mass is 9.98. The number of amides is 1. The molecule has 108 valence electrons. The molecule has 0 fully saturated rings. The molecule has 0 heterocycles. The van der Waals surface area contributed by atoms with Crippen LogP contribution in [0.3, 0.4) is 0 Å². The second-order valence-electron chi connectivity index (χ2n) is 4.71. The summed E-state index contributed by atoms with van der Waals surface area (Å²) in [6.45, 7) is 4.20. The van der Waals surface area contributed by atoms with Crippen molar-refractivity contribution in [3.05, 3.63) is 24.3 Å². The fourth-order valence-electron chi connectivity index (χ4n) is 1.97. The van der Waals surface area contributed by atoms with Crippen LogP contribution in [0.25, 0.3) is 0 Å². The average molecular weight is 274 g/mol. The lowest BCUT2D eigenvalue weighted by Gasteiger charge is -2.14. The van der Waals surface area contributed by atoms with Crippen LogP contribution < -0.4 is 10.1 Å². The summed E-state index contributed by atoms with van der Waals surface area (Å²) in [6, 6.07) is 8.99. The molecule has 1 aromatic rings. The summed E-state index contributed by atoms with van der Waals surface area (Å²) in [7, 11) is 0. The maximum absolute atomic E-state index is 12.1. The molecular weight excluding hydrogens is 252 g/mol. The zero-order valence-corrected chi connectivity index (χ0v) is 12.2. The Labute approximate surface area is 120 Å². The standard InChI is InChI=1S/C16H22N2O2/c1-3-5-6-13(4-2)16(19)18-14-7-9-15(10-8-14)20-12-11-17/h7-10,13H,3-6,12H2,1-2H3,(H,18,19). The van der Waals surface area contributed by atoms with Crippen LogP contribution in [0.2, 0.25) is 0 Å². The molecule has 0 aliphatic heterocycles. The highest BCUT2D eigenvalue weighted by molar-refractivity contribution is 5.92. The minimum absolute atomic E-state index is 0.0284. The Morgan fingerprint density at radius 2 is 2.05 bits per heavy atom. The van der Waals surface area contributed by atoms with Gasteiger partial charge in [-0.25, -0.2) is 0 Å². The normalized spacial score (nSPS) is 11.4. The van der Waals surface area contributed by atoms with Crippen LogP contribution in [-0.2, 0) is 4.79 Å². The lowest BCUT2D eigenvalue weighted by molar-refractivity contribution is -0.120. The second-order valence-corrected chi connectivity index (χ2v) is 4.71. The molecule has 0 saturated carbocycles. The molecule has 20 heavy (non-hydrogen) atoms. The van der Waals surface area contributed by atoms with Crippen LogP contribution in [0, 0.1) is 17.2 Å². The van der Waals surface area contributed by atoms with E-state index in [0.717, 1.165) is 31.4 Å². The van der Waals surface area contributed by atoms with Gasteiger partial charge in [0.05, 0.1) is 0 Å². The van der Waals surface area contributed by atoms with E-state index in [-0.39, 0.29) is 18.4 Å². The first-order chi connectivity index (χ1) is 9.71. The van der Waals surface area contributed by atoms with Gasteiger partial charge in [-0.15, -0.1) is 0 Å². The number of hydrogen-bond acceptors (Lipinski definition) is 3. The van der Waals surface area contributed by atoms with Gasteiger partial charge in [-0.1, -0.05) is 26.7 Å². The third-order valence-electron chi connectivity index (χ3n) is 3.19. The van der Waals surface area contributed by atoms with Crippen molar-refractivity contribution in [1.29, 1.82) is 5.26 Å². The molecule has 1 unspecified atom stereocenters. The van der Waals surface area contributed by atoms with Crippen LogP contribution in [0.5, 0.6) is 5.75 Å². The molecule has 1 N–H and O–H groups in total. The molecule has 1 atom stereocenters. The second kappa shape index (κ2) is 8.98. The number of benzene rings is 1. The molecule has 0 radical (unpaired) electrons. The zero-order chi connectivity index (χ0) is 14.8. The smallest absolute Gasteiger partial charge is 0.227 e. The topological polar surface area (TPSA) is 62.1 Å². The van der Waals surface area contributed by atoms with Gasteiger partial charge in [0, 0.05) is 11.6 Å². The van der Waals surface area contributed by atoms with Crippen molar-refractivity contribution in [3.8, 4) is 11.8 Å². The van der Waals surface area contributed by atoms with Gasteiger partial charge < -0.3 is 10.1 Å². The highest BCUT2D eigenvalue weighted by atomic mass is 16.5. The van der Waals surface area contributed by atoms with E-state index >= 15 is 0 Å². The first-order valence-electron chi connectivity index (χ1n) is 7.11. The average Bonchev–Trinajstić information content (AvgIpc) is 2.47. The summed E-state index contributed by atoms with van der Waals surface area (Å²) in [5.41, 5.74) is 0.759. The first kappa shape index (κ1) is 16.0. The highest BCUT2D eigenvalue weighted by Gasteiger charge is 2.15. The predicted octanol–water partition coefficient (Wildman–Crippen LogP) is 3.74. The number of nitrogens with zero attached hydrogens (tertiary/aromatic N) is 1. The quantitative estimate of drug-likeness (QED) is 0.785. The van der Waals surface area contributed by atoms with Crippen molar-refractivity contribution >= 4 is 11.6 Å². The number of carbonyl (C=O) groups excluding carboxylic acids is 1. The molecule has 1 rings (SSSR count). The van der Waals surface area contributed by atoms with E-state index in [2.05, 4.69) is 12.2 Å². The molecular formula is C16H22N2O2. The molecule has 0 aliphatic rings. The summed E-state index contributed by atoms with van der Waals surface area (Å²) in [5.74, 6) is 0.777. The van der Waals surface area contributed by atoms with Crippen LogP contribution in [0.4, 0.5) is 5.69 Å². The molecule has 1 aromatic carbocycles. The Hall–Kier alpha value is -2.02. The van der Waals surface area contributed by atoms with Gasteiger partial charge >= 0.3 is 0 Å². The Balaban J connectivity index is 2.54. The number of anilines is 1. The van der Waals surface area contributed by atoms with Crippen LogP contribution in [-0.4, -0.2) is 12.5 Å². The van der Waals surface area contributed by atoms with Gasteiger partial charge in [0.1, 0.15) is 11.8 Å². The lowest BCUT2D eigenvalue weighted by Crippen LogP contribution is -2.22. The summed E-state index contributed by atoms with van der Waals surface area (Å²) < 4.78 is 5.16. The van der Waals surface area contributed by atoms with Gasteiger partial charge in [0.25, 0.3) is 0 Å². The van der Waals surface area contributed by atoms with Crippen LogP contribution in [0.15, 0.2) is 24.3 Å².